The summed E-state index contributed by atoms with van der Waals surface area (Å²) in [5.41, 5.74) is 0.474. The second-order valence-electron chi connectivity index (χ2n) is 4.40. The molecule has 1 aliphatic heterocycles. The van der Waals surface area contributed by atoms with Gasteiger partial charge in [0, 0.05) is 18.2 Å². The summed E-state index contributed by atoms with van der Waals surface area (Å²) in [6.07, 6.45) is -0.857. The number of aliphatic hydroxyl groups is 1. The van der Waals surface area contributed by atoms with Crippen molar-refractivity contribution in [1.29, 1.82) is 0 Å². The smallest absolute Gasteiger partial charge is 0.334 e. The Kier molecular flexibility index (Phi) is 4.83. The number of ether oxygens (including phenoxy) is 2. The molecule has 1 aliphatic rings. The number of aliphatic hydroxyl groups excluding tert-OH is 1. The molecule has 21 heavy (non-hydrogen) atoms. The molecule has 1 aromatic rings. The fourth-order valence-electron chi connectivity index (χ4n) is 1.69. The fourth-order valence-corrected chi connectivity index (χ4v) is 1.69. The van der Waals surface area contributed by atoms with Crippen LogP contribution in [-0.4, -0.2) is 48.1 Å². The third-order valence-electron chi connectivity index (χ3n) is 2.75. The van der Waals surface area contributed by atoms with Gasteiger partial charge in [-0.3, -0.25) is 0 Å². The zero-order chi connectivity index (χ0) is 15.2. The second kappa shape index (κ2) is 6.80. The maximum atomic E-state index is 11.6. The Balaban J connectivity index is 1.92. The van der Waals surface area contributed by atoms with Crippen molar-refractivity contribution in [2.45, 2.75) is 12.5 Å². The van der Waals surface area contributed by atoms with Crippen LogP contribution in [0.25, 0.3) is 0 Å². The Labute approximate surface area is 120 Å². The zero-order valence-electron chi connectivity index (χ0n) is 11.2. The molecule has 0 fully saturated rings. The first-order valence-corrected chi connectivity index (χ1v) is 6.41. The van der Waals surface area contributed by atoms with Gasteiger partial charge in [0.1, 0.15) is 0 Å². The predicted octanol–water partition coefficient (Wildman–Crippen LogP) is 0.415. The van der Waals surface area contributed by atoms with Crippen LogP contribution in [0.15, 0.2) is 18.2 Å². The first kappa shape index (κ1) is 14.9. The molecule has 0 radical (unpaired) electrons. The standard InChI is InChI=1S/C13H16N2O6/c16-9(12(17)18)7-14-13(19)15-8-2-3-10-11(6-8)21-5-1-4-20-10/h2-3,6,9,16H,1,4-5,7H2,(H,17,18)(H2,14,15,19)/t9-/m0/s1. The van der Waals surface area contributed by atoms with Gasteiger partial charge in [-0.25, -0.2) is 9.59 Å². The first-order chi connectivity index (χ1) is 10.1. The lowest BCUT2D eigenvalue weighted by atomic mass is 10.3. The normalized spacial score (nSPS) is 14.7. The van der Waals surface area contributed by atoms with Crippen molar-refractivity contribution in [3.8, 4) is 11.5 Å². The molecule has 0 unspecified atom stereocenters. The summed E-state index contributed by atoms with van der Waals surface area (Å²) < 4.78 is 10.9. The van der Waals surface area contributed by atoms with Crippen LogP contribution in [0.1, 0.15) is 6.42 Å². The van der Waals surface area contributed by atoms with E-state index in [0.29, 0.717) is 30.4 Å². The molecular formula is C13H16N2O6. The van der Waals surface area contributed by atoms with Crippen LogP contribution in [0.4, 0.5) is 10.5 Å². The topological polar surface area (TPSA) is 117 Å². The van der Waals surface area contributed by atoms with Crippen LogP contribution in [0.3, 0.4) is 0 Å². The van der Waals surface area contributed by atoms with E-state index in [0.717, 1.165) is 6.42 Å². The van der Waals surface area contributed by atoms with Gasteiger partial charge in [0.2, 0.25) is 0 Å². The fraction of sp³-hybridized carbons (Fsp3) is 0.385. The Bertz CT molecular complexity index is 533. The van der Waals surface area contributed by atoms with Gasteiger partial charge in [-0.15, -0.1) is 0 Å². The number of aliphatic carboxylic acids is 1. The minimum atomic E-state index is -1.64. The van der Waals surface area contributed by atoms with E-state index in [2.05, 4.69) is 10.6 Å². The quantitative estimate of drug-likeness (QED) is 0.639. The minimum Gasteiger partial charge on any atom is -0.490 e. The summed E-state index contributed by atoms with van der Waals surface area (Å²) in [7, 11) is 0. The summed E-state index contributed by atoms with van der Waals surface area (Å²) in [4.78, 5) is 22.0. The number of hydrogen-bond acceptors (Lipinski definition) is 5. The molecule has 2 amide bonds. The number of carbonyl (C=O) groups excluding carboxylic acids is 1. The molecule has 1 aromatic carbocycles. The van der Waals surface area contributed by atoms with E-state index in [-0.39, 0.29) is 6.54 Å². The van der Waals surface area contributed by atoms with Gasteiger partial charge in [0.05, 0.1) is 19.8 Å². The first-order valence-electron chi connectivity index (χ1n) is 6.41. The largest absolute Gasteiger partial charge is 0.490 e. The molecule has 0 bridgehead atoms. The number of hydrogen-bond donors (Lipinski definition) is 4. The summed E-state index contributed by atoms with van der Waals surface area (Å²) in [6.45, 7) is 0.729. The lowest BCUT2D eigenvalue weighted by molar-refractivity contribution is -0.146. The molecular weight excluding hydrogens is 280 g/mol. The van der Waals surface area contributed by atoms with E-state index in [9.17, 15) is 9.59 Å². The number of benzene rings is 1. The highest BCUT2D eigenvalue weighted by molar-refractivity contribution is 5.90. The predicted molar refractivity (Wildman–Crippen MR) is 72.7 cm³/mol. The number of carboxylic acid groups (broad SMARTS) is 1. The van der Waals surface area contributed by atoms with Crippen molar-refractivity contribution in [2.24, 2.45) is 0 Å². The molecule has 0 saturated carbocycles. The minimum absolute atomic E-state index is 0.383. The number of carboxylic acids is 1. The van der Waals surface area contributed by atoms with Crippen molar-refractivity contribution < 1.29 is 29.3 Å². The molecule has 0 aromatic heterocycles. The van der Waals surface area contributed by atoms with Crippen LogP contribution < -0.4 is 20.1 Å². The third kappa shape index (κ3) is 4.25. The maximum Gasteiger partial charge on any atom is 0.334 e. The van der Waals surface area contributed by atoms with Gasteiger partial charge in [0.25, 0.3) is 0 Å². The van der Waals surface area contributed by atoms with Gasteiger partial charge in [-0.2, -0.15) is 0 Å². The van der Waals surface area contributed by atoms with E-state index in [1.54, 1.807) is 18.2 Å². The number of carbonyl (C=O) groups is 2. The summed E-state index contributed by atoms with van der Waals surface area (Å²) >= 11 is 0. The number of amides is 2. The SMILES string of the molecule is O=C(NC[C@H](O)C(=O)O)Nc1ccc2c(c1)OCCCO2. The third-order valence-corrected chi connectivity index (χ3v) is 2.75. The summed E-state index contributed by atoms with van der Waals surface area (Å²) in [6, 6.07) is 4.32. The van der Waals surface area contributed by atoms with E-state index < -0.39 is 18.1 Å². The Morgan fingerprint density at radius 3 is 2.67 bits per heavy atom. The molecule has 0 aliphatic carbocycles. The van der Waals surface area contributed by atoms with Crippen LogP contribution in [-0.2, 0) is 4.79 Å². The molecule has 4 N–H and O–H groups in total. The molecule has 1 atom stereocenters. The molecule has 8 nitrogen and oxygen atoms in total. The Morgan fingerprint density at radius 1 is 1.24 bits per heavy atom. The van der Waals surface area contributed by atoms with Crippen LogP contribution in [0.2, 0.25) is 0 Å². The van der Waals surface area contributed by atoms with Crippen LogP contribution in [0, 0.1) is 0 Å². The number of nitrogens with one attached hydrogen (secondary N) is 2. The molecule has 0 spiro atoms. The molecule has 2 rings (SSSR count). The maximum absolute atomic E-state index is 11.6. The molecule has 0 saturated heterocycles. The monoisotopic (exact) mass is 296 g/mol. The Hall–Kier alpha value is -2.48. The van der Waals surface area contributed by atoms with E-state index >= 15 is 0 Å². The zero-order valence-corrected chi connectivity index (χ0v) is 11.2. The molecule has 8 heteroatoms. The molecule has 114 valence electrons. The van der Waals surface area contributed by atoms with Crippen molar-refractivity contribution >= 4 is 17.7 Å². The van der Waals surface area contributed by atoms with E-state index in [4.69, 9.17) is 19.7 Å². The highest BCUT2D eigenvalue weighted by atomic mass is 16.5. The summed E-state index contributed by atoms with van der Waals surface area (Å²) in [5, 5.41) is 22.3. The van der Waals surface area contributed by atoms with Crippen molar-refractivity contribution in [1.82, 2.24) is 5.32 Å². The van der Waals surface area contributed by atoms with Gasteiger partial charge < -0.3 is 30.3 Å². The highest BCUT2D eigenvalue weighted by Crippen LogP contribution is 2.32. The van der Waals surface area contributed by atoms with Gasteiger partial charge in [-0.05, 0) is 12.1 Å². The van der Waals surface area contributed by atoms with E-state index in [1.807, 2.05) is 0 Å². The van der Waals surface area contributed by atoms with Gasteiger partial charge >= 0.3 is 12.0 Å². The van der Waals surface area contributed by atoms with Gasteiger partial charge in [0.15, 0.2) is 17.6 Å². The van der Waals surface area contributed by atoms with Crippen molar-refractivity contribution in [3.05, 3.63) is 18.2 Å². The summed E-state index contributed by atoms with van der Waals surface area (Å²) in [5.74, 6) is -0.249. The van der Waals surface area contributed by atoms with E-state index in [1.165, 1.54) is 0 Å². The number of rotatable bonds is 4. The number of fused-ring (bicyclic) bond motifs is 1. The number of anilines is 1. The average Bonchev–Trinajstić information content (AvgIpc) is 2.69. The van der Waals surface area contributed by atoms with Crippen LogP contribution >= 0.6 is 0 Å². The van der Waals surface area contributed by atoms with Crippen molar-refractivity contribution in [3.63, 3.8) is 0 Å². The number of urea groups is 1. The average molecular weight is 296 g/mol. The second-order valence-corrected chi connectivity index (χ2v) is 4.40. The lowest BCUT2D eigenvalue weighted by Crippen LogP contribution is -2.38. The van der Waals surface area contributed by atoms with Crippen molar-refractivity contribution in [2.75, 3.05) is 25.1 Å². The Morgan fingerprint density at radius 2 is 1.95 bits per heavy atom. The lowest BCUT2D eigenvalue weighted by Gasteiger charge is -2.12. The highest BCUT2D eigenvalue weighted by Gasteiger charge is 2.15. The molecule has 1 heterocycles. The van der Waals surface area contributed by atoms with Gasteiger partial charge in [-0.1, -0.05) is 0 Å². The van der Waals surface area contributed by atoms with Crippen LogP contribution in [0.5, 0.6) is 11.5 Å².